The fraction of sp³-hybridized carbons (Fsp3) is 0.533. The highest BCUT2D eigenvalue weighted by atomic mass is 79.9. The summed E-state index contributed by atoms with van der Waals surface area (Å²) in [6.45, 7) is 1.89. The molecule has 0 saturated carbocycles. The van der Waals surface area contributed by atoms with E-state index in [9.17, 15) is 4.79 Å². The Labute approximate surface area is 131 Å². The highest BCUT2D eigenvalue weighted by Gasteiger charge is 2.42. The van der Waals surface area contributed by atoms with Gasteiger partial charge in [0.1, 0.15) is 6.10 Å². The molecule has 1 aromatic rings. The first kappa shape index (κ1) is 14.8. The molecule has 2 atom stereocenters. The lowest BCUT2D eigenvalue weighted by Gasteiger charge is -2.36. The second-order valence-electron chi connectivity index (χ2n) is 5.56. The average Bonchev–Trinajstić information content (AvgIpc) is 2.89. The van der Waals surface area contributed by atoms with Gasteiger partial charge in [-0.15, -0.1) is 0 Å². The third-order valence-corrected chi connectivity index (χ3v) is 4.92. The van der Waals surface area contributed by atoms with Crippen LogP contribution in [0.2, 0.25) is 0 Å². The minimum atomic E-state index is -0.352. The molecule has 2 unspecified atom stereocenters. The number of hydrogen-bond donors (Lipinski definition) is 1. The first-order chi connectivity index (χ1) is 10.1. The van der Waals surface area contributed by atoms with Crippen molar-refractivity contribution in [1.82, 2.24) is 0 Å². The van der Waals surface area contributed by atoms with Crippen LogP contribution < -0.4 is 5.73 Å². The van der Waals surface area contributed by atoms with Crippen LogP contribution in [-0.4, -0.2) is 37.5 Å². The SMILES string of the molecule is Nc1cccc(C(=O)OC2CCOC3(CCOC3)C2)c1Br. The quantitative estimate of drug-likeness (QED) is 0.651. The molecule has 21 heavy (non-hydrogen) atoms. The summed E-state index contributed by atoms with van der Waals surface area (Å²) in [5.74, 6) is -0.352. The molecule has 114 valence electrons. The van der Waals surface area contributed by atoms with E-state index >= 15 is 0 Å². The lowest BCUT2D eigenvalue weighted by atomic mass is 9.91. The lowest BCUT2D eigenvalue weighted by Crippen LogP contribution is -2.43. The molecule has 2 saturated heterocycles. The molecule has 2 aliphatic rings. The van der Waals surface area contributed by atoms with Gasteiger partial charge in [-0.3, -0.25) is 0 Å². The van der Waals surface area contributed by atoms with Crippen molar-refractivity contribution in [2.75, 3.05) is 25.6 Å². The Morgan fingerprint density at radius 3 is 3.05 bits per heavy atom. The molecular weight excluding hydrogens is 338 g/mol. The number of ether oxygens (including phenoxy) is 3. The van der Waals surface area contributed by atoms with Crippen LogP contribution >= 0.6 is 15.9 Å². The van der Waals surface area contributed by atoms with Crippen molar-refractivity contribution in [2.24, 2.45) is 0 Å². The smallest absolute Gasteiger partial charge is 0.339 e. The molecule has 3 rings (SSSR count). The van der Waals surface area contributed by atoms with Crippen LogP contribution in [0.3, 0.4) is 0 Å². The third kappa shape index (κ3) is 3.07. The minimum absolute atomic E-state index is 0.138. The summed E-state index contributed by atoms with van der Waals surface area (Å²) in [6, 6.07) is 5.18. The number of esters is 1. The minimum Gasteiger partial charge on any atom is -0.459 e. The predicted molar refractivity (Wildman–Crippen MR) is 81.1 cm³/mol. The molecule has 5 nitrogen and oxygen atoms in total. The van der Waals surface area contributed by atoms with E-state index in [1.54, 1.807) is 18.2 Å². The zero-order valence-electron chi connectivity index (χ0n) is 11.6. The van der Waals surface area contributed by atoms with E-state index in [4.69, 9.17) is 19.9 Å². The number of anilines is 1. The van der Waals surface area contributed by atoms with Crippen molar-refractivity contribution in [1.29, 1.82) is 0 Å². The zero-order chi connectivity index (χ0) is 14.9. The Kier molecular flexibility index (Phi) is 4.19. The monoisotopic (exact) mass is 355 g/mol. The number of hydrogen-bond acceptors (Lipinski definition) is 5. The Hall–Kier alpha value is -1.11. The van der Waals surface area contributed by atoms with Gasteiger partial charge in [-0.1, -0.05) is 6.07 Å². The third-order valence-electron chi connectivity index (χ3n) is 4.04. The van der Waals surface area contributed by atoms with Gasteiger partial charge in [-0.2, -0.15) is 0 Å². The fourth-order valence-corrected chi connectivity index (χ4v) is 3.30. The van der Waals surface area contributed by atoms with Crippen molar-refractivity contribution >= 4 is 27.6 Å². The Morgan fingerprint density at radius 1 is 1.43 bits per heavy atom. The number of carbonyl (C=O) groups is 1. The van der Waals surface area contributed by atoms with Crippen LogP contribution in [0.5, 0.6) is 0 Å². The second-order valence-corrected chi connectivity index (χ2v) is 6.36. The molecule has 2 fully saturated rings. The van der Waals surface area contributed by atoms with E-state index in [0.29, 0.717) is 48.4 Å². The number of halogens is 1. The van der Waals surface area contributed by atoms with Crippen molar-refractivity contribution < 1.29 is 19.0 Å². The van der Waals surface area contributed by atoms with E-state index in [-0.39, 0.29) is 17.7 Å². The summed E-state index contributed by atoms with van der Waals surface area (Å²) in [4.78, 5) is 12.3. The predicted octanol–water partition coefficient (Wildman–Crippen LogP) is 2.53. The highest BCUT2D eigenvalue weighted by Crippen LogP contribution is 2.34. The molecule has 2 aliphatic heterocycles. The summed E-state index contributed by atoms with van der Waals surface area (Å²) in [6.07, 6.45) is 2.14. The Bertz CT molecular complexity index is 542. The fourth-order valence-electron chi connectivity index (χ4n) is 2.87. The van der Waals surface area contributed by atoms with Gasteiger partial charge in [0.15, 0.2) is 0 Å². The summed E-state index contributed by atoms with van der Waals surface area (Å²) in [7, 11) is 0. The summed E-state index contributed by atoms with van der Waals surface area (Å²) in [5.41, 5.74) is 6.51. The molecule has 0 aromatic heterocycles. The highest BCUT2D eigenvalue weighted by molar-refractivity contribution is 9.10. The van der Waals surface area contributed by atoms with E-state index in [1.165, 1.54) is 0 Å². The first-order valence-electron chi connectivity index (χ1n) is 7.06. The zero-order valence-corrected chi connectivity index (χ0v) is 13.2. The molecule has 2 N–H and O–H groups in total. The van der Waals surface area contributed by atoms with Crippen LogP contribution in [0.15, 0.2) is 22.7 Å². The van der Waals surface area contributed by atoms with Crippen molar-refractivity contribution in [3.8, 4) is 0 Å². The van der Waals surface area contributed by atoms with Crippen LogP contribution in [0.25, 0.3) is 0 Å². The second kappa shape index (κ2) is 5.94. The normalized spacial score (nSPS) is 28.7. The molecule has 0 aliphatic carbocycles. The van der Waals surface area contributed by atoms with Crippen molar-refractivity contribution in [3.05, 3.63) is 28.2 Å². The van der Waals surface area contributed by atoms with E-state index in [0.717, 1.165) is 6.42 Å². The van der Waals surface area contributed by atoms with E-state index < -0.39 is 0 Å². The molecule has 1 spiro atoms. The molecule has 2 heterocycles. The van der Waals surface area contributed by atoms with E-state index in [2.05, 4.69) is 15.9 Å². The maximum Gasteiger partial charge on any atom is 0.339 e. The van der Waals surface area contributed by atoms with Gasteiger partial charge in [0.05, 0.1) is 28.9 Å². The Balaban J connectivity index is 1.68. The number of rotatable bonds is 2. The number of nitrogens with two attached hydrogens (primary N) is 1. The van der Waals surface area contributed by atoms with Gasteiger partial charge >= 0.3 is 5.97 Å². The van der Waals surface area contributed by atoms with Crippen LogP contribution in [-0.2, 0) is 14.2 Å². The molecule has 0 bridgehead atoms. The average molecular weight is 356 g/mol. The molecule has 1 aromatic carbocycles. The van der Waals surface area contributed by atoms with Crippen LogP contribution in [0, 0.1) is 0 Å². The maximum absolute atomic E-state index is 12.3. The molecule has 6 heteroatoms. The Morgan fingerprint density at radius 2 is 2.29 bits per heavy atom. The molecule has 0 amide bonds. The van der Waals surface area contributed by atoms with Gasteiger partial charge in [0, 0.05) is 31.6 Å². The van der Waals surface area contributed by atoms with Crippen LogP contribution in [0.1, 0.15) is 29.6 Å². The summed E-state index contributed by atoms with van der Waals surface area (Å²) < 4.78 is 17.5. The molecule has 0 radical (unpaired) electrons. The van der Waals surface area contributed by atoms with Crippen LogP contribution in [0.4, 0.5) is 5.69 Å². The van der Waals surface area contributed by atoms with Crippen molar-refractivity contribution in [2.45, 2.75) is 31.0 Å². The first-order valence-corrected chi connectivity index (χ1v) is 7.86. The van der Waals surface area contributed by atoms with Gasteiger partial charge in [-0.25, -0.2) is 4.79 Å². The van der Waals surface area contributed by atoms with Crippen molar-refractivity contribution in [3.63, 3.8) is 0 Å². The maximum atomic E-state index is 12.3. The summed E-state index contributed by atoms with van der Waals surface area (Å²) >= 11 is 3.33. The topological polar surface area (TPSA) is 70.8 Å². The van der Waals surface area contributed by atoms with Gasteiger partial charge < -0.3 is 19.9 Å². The van der Waals surface area contributed by atoms with Gasteiger partial charge in [-0.05, 0) is 28.1 Å². The largest absolute Gasteiger partial charge is 0.459 e. The van der Waals surface area contributed by atoms with E-state index in [1.807, 2.05) is 0 Å². The number of nitrogen functional groups attached to an aromatic ring is 1. The standard InChI is InChI=1S/C15H18BrNO4/c16-13-11(2-1-3-12(13)17)14(18)21-10-4-6-20-15(8-10)5-7-19-9-15/h1-3,10H,4-9,17H2. The summed E-state index contributed by atoms with van der Waals surface area (Å²) in [5, 5.41) is 0. The lowest BCUT2D eigenvalue weighted by molar-refractivity contribution is -0.120. The number of benzene rings is 1. The molecular formula is C15H18BrNO4. The number of carbonyl (C=O) groups excluding carboxylic acids is 1. The van der Waals surface area contributed by atoms with Gasteiger partial charge in [0.25, 0.3) is 0 Å². The van der Waals surface area contributed by atoms with Gasteiger partial charge in [0.2, 0.25) is 0 Å².